The Kier molecular flexibility index (Phi) is 5.86. The molecule has 0 aliphatic carbocycles. The number of benzene rings is 1. The highest BCUT2D eigenvalue weighted by molar-refractivity contribution is 8.15. The molecule has 3 rings (SSSR count). The first kappa shape index (κ1) is 19.2. The number of carbonyl (C=O) groups excluding carboxylic acids is 1. The number of rotatable bonds is 6. The summed E-state index contributed by atoms with van der Waals surface area (Å²) in [5.74, 6) is 0.0851. The van der Waals surface area contributed by atoms with Gasteiger partial charge in [0.1, 0.15) is 0 Å². The van der Waals surface area contributed by atoms with Crippen LogP contribution in [0.5, 0.6) is 0 Å². The fourth-order valence-electron chi connectivity index (χ4n) is 2.79. The molecule has 1 fully saturated rings. The SMILES string of the molecule is COC(CNC(=O)c1ccc(NC2=N[C@H]3CS(=O)(=O)C[C@H]3S2)cc1)OC. The van der Waals surface area contributed by atoms with Gasteiger partial charge >= 0.3 is 0 Å². The number of hydrogen-bond donors (Lipinski definition) is 2. The van der Waals surface area contributed by atoms with Gasteiger partial charge in [0.05, 0.1) is 24.1 Å². The Balaban J connectivity index is 1.55. The Bertz CT molecular complexity index is 791. The molecule has 2 aliphatic rings. The Morgan fingerprint density at radius 2 is 1.96 bits per heavy atom. The summed E-state index contributed by atoms with van der Waals surface area (Å²) in [5, 5.41) is 6.63. The molecule has 0 aromatic heterocycles. The zero-order valence-electron chi connectivity index (χ0n) is 14.5. The maximum absolute atomic E-state index is 12.1. The van der Waals surface area contributed by atoms with Crippen LogP contribution in [0.15, 0.2) is 29.3 Å². The van der Waals surface area contributed by atoms with E-state index in [2.05, 4.69) is 15.6 Å². The number of ether oxygens (including phenoxy) is 2. The van der Waals surface area contributed by atoms with Crippen molar-refractivity contribution < 1.29 is 22.7 Å². The van der Waals surface area contributed by atoms with Crippen molar-refractivity contribution in [3.05, 3.63) is 29.8 Å². The first-order valence-corrected chi connectivity index (χ1v) is 10.8. The number of thioether (sulfide) groups is 1. The van der Waals surface area contributed by atoms with Gasteiger partial charge in [0.15, 0.2) is 21.3 Å². The number of hydrogen-bond acceptors (Lipinski definition) is 8. The van der Waals surface area contributed by atoms with Crippen molar-refractivity contribution in [1.29, 1.82) is 0 Å². The van der Waals surface area contributed by atoms with Crippen LogP contribution in [0, 0.1) is 0 Å². The molecule has 10 heteroatoms. The van der Waals surface area contributed by atoms with Crippen LogP contribution in [-0.4, -0.2) is 69.3 Å². The molecule has 0 spiro atoms. The van der Waals surface area contributed by atoms with E-state index in [0.29, 0.717) is 5.56 Å². The highest BCUT2D eigenvalue weighted by Crippen LogP contribution is 2.34. The van der Waals surface area contributed by atoms with E-state index in [9.17, 15) is 13.2 Å². The predicted octanol–water partition coefficient (Wildman–Crippen LogP) is 0.716. The molecule has 0 unspecified atom stereocenters. The van der Waals surface area contributed by atoms with Gasteiger partial charge in [-0.15, -0.1) is 0 Å². The van der Waals surface area contributed by atoms with Gasteiger partial charge in [-0.3, -0.25) is 9.79 Å². The van der Waals surface area contributed by atoms with Crippen LogP contribution in [0.2, 0.25) is 0 Å². The minimum Gasteiger partial charge on any atom is -0.354 e. The minimum absolute atomic E-state index is 0.00191. The molecule has 1 aromatic rings. The first-order valence-electron chi connectivity index (χ1n) is 8.06. The van der Waals surface area contributed by atoms with Crippen molar-refractivity contribution in [2.45, 2.75) is 17.6 Å². The topological polar surface area (TPSA) is 106 Å². The van der Waals surface area contributed by atoms with Gasteiger partial charge in [-0.25, -0.2) is 8.42 Å². The number of fused-ring (bicyclic) bond motifs is 1. The molecule has 0 radical (unpaired) electrons. The van der Waals surface area contributed by atoms with Crippen molar-refractivity contribution in [3.63, 3.8) is 0 Å². The standard InChI is InChI=1S/C16H21N3O5S2/c1-23-14(24-2)7-17-15(20)10-3-5-11(6-4-10)18-16-19-12-8-26(21,22)9-13(12)25-16/h3-6,12-14H,7-9H2,1-2H3,(H,17,20)(H,18,19)/t12-,13+/m0/s1. The predicted molar refractivity (Wildman–Crippen MR) is 101 cm³/mol. The summed E-state index contributed by atoms with van der Waals surface area (Å²) in [6.45, 7) is 0.255. The maximum atomic E-state index is 12.1. The van der Waals surface area contributed by atoms with E-state index in [4.69, 9.17) is 9.47 Å². The van der Waals surface area contributed by atoms with E-state index >= 15 is 0 Å². The van der Waals surface area contributed by atoms with Crippen LogP contribution in [0.4, 0.5) is 5.69 Å². The summed E-state index contributed by atoms with van der Waals surface area (Å²) in [5.41, 5.74) is 1.31. The average Bonchev–Trinajstić information content (AvgIpc) is 3.08. The summed E-state index contributed by atoms with van der Waals surface area (Å²) in [6.07, 6.45) is -0.486. The molecular weight excluding hydrogens is 378 g/mol. The molecule has 1 amide bonds. The lowest BCUT2D eigenvalue weighted by Crippen LogP contribution is -2.34. The second-order valence-corrected chi connectivity index (χ2v) is 9.43. The van der Waals surface area contributed by atoms with Crippen LogP contribution < -0.4 is 10.6 Å². The summed E-state index contributed by atoms with van der Waals surface area (Å²) in [4.78, 5) is 16.6. The Labute approximate surface area is 156 Å². The van der Waals surface area contributed by atoms with E-state index in [-0.39, 0.29) is 35.2 Å². The highest BCUT2D eigenvalue weighted by Gasteiger charge is 2.42. The van der Waals surface area contributed by atoms with Crippen molar-refractivity contribution in [2.75, 3.05) is 37.6 Å². The zero-order valence-corrected chi connectivity index (χ0v) is 16.1. The van der Waals surface area contributed by atoms with Crippen LogP contribution >= 0.6 is 11.8 Å². The molecular formula is C16H21N3O5S2. The smallest absolute Gasteiger partial charge is 0.251 e. The third kappa shape index (κ3) is 4.56. The molecule has 2 atom stereocenters. The van der Waals surface area contributed by atoms with E-state index in [1.165, 1.54) is 26.0 Å². The normalized spacial score (nSPS) is 23.6. The monoisotopic (exact) mass is 399 g/mol. The van der Waals surface area contributed by atoms with E-state index in [1.807, 2.05) is 0 Å². The van der Waals surface area contributed by atoms with Gasteiger partial charge in [-0.1, -0.05) is 11.8 Å². The average molecular weight is 399 g/mol. The van der Waals surface area contributed by atoms with Crippen molar-refractivity contribution in [1.82, 2.24) is 5.32 Å². The fourth-order valence-corrected chi connectivity index (χ4v) is 6.46. The number of amidine groups is 1. The quantitative estimate of drug-likeness (QED) is 0.679. The minimum atomic E-state index is -2.95. The van der Waals surface area contributed by atoms with Crippen molar-refractivity contribution in [2.24, 2.45) is 4.99 Å². The maximum Gasteiger partial charge on any atom is 0.251 e. The lowest BCUT2D eigenvalue weighted by Gasteiger charge is -2.14. The third-order valence-electron chi connectivity index (χ3n) is 4.17. The largest absolute Gasteiger partial charge is 0.354 e. The number of sulfone groups is 1. The van der Waals surface area contributed by atoms with Gasteiger partial charge in [0, 0.05) is 30.7 Å². The number of nitrogens with one attached hydrogen (secondary N) is 2. The second-order valence-electron chi connectivity index (χ2n) is 6.05. The van der Waals surface area contributed by atoms with Crippen LogP contribution in [-0.2, 0) is 19.3 Å². The van der Waals surface area contributed by atoms with Crippen LogP contribution in [0.3, 0.4) is 0 Å². The molecule has 0 saturated carbocycles. The molecule has 8 nitrogen and oxygen atoms in total. The Morgan fingerprint density at radius 3 is 2.58 bits per heavy atom. The molecule has 2 heterocycles. The summed E-state index contributed by atoms with van der Waals surface area (Å²) >= 11 is 1.46. The lowest BCUT2D eigenvalue weighted by molar-refractivity contribution is -0.0974. The van der Waals surface area contributed by atoms with Crippen molar-refractivity contribution in [3.8, 4) is 0 Å². The fraction of sp³-hybridized carbons (Fsp3) is 0.500. The van der Waals surface area contributed by atoms with E-state index in [0.717, 1.165) is 10.9 Å². The van der Waals surface area contributed by atoms with Crippen LogP contribution in [0.25, 0.3) is 0 Å². The van der Waals surface area contributed by atoms with E-state index in [1.54, 1.807) is 24.3 Å². The molecule has 2 aliphatic heterocycles. The second kappa shape index (κ2) is 7.95. The van der Waals surface area contributed by atoms with Crippen molar-refractivity contribution >= 4 is 38.4 Å². The van der Waals surface area contributed by atoms with Gasteiger partial charge in [-0.2, -0.15) is 0 Å². The number of nitrogens with zero attached hydrogens (tertiary/aromatic N) is 1. The lowest BCUT2D eigenvalue weighted by atomic mass is 10.2. The number of carbonyl (C=O) groups is 1. The number of methoxy groups -OCH3 is 2. The van der Waals surface area contributed by atoms with Gasteiger partial charge < -0.3 is 20.1 Å². The molecule has 1 aromatic carbocycles. The zero-order chi connectivity index (χ0) is 18.7. The number of anilines is 1. The Morgan fingerprint density at radius 1 is 1.27 bits per heavy atom. The summed E-state index contributed by atoms with van der Waals surface area (Å²) in [7, 11) is 0.0655. The first-order chi connectivity index (χ1) is 12.4. The number of aliphatic imine (C=N–C) groups is 1. The summed E-state index contributed by atoms with van der Waals surface area (Å²) < 4.78 is 33.2. The number of amides is 1. The van der Waals surface area contributed by atoms with E-state index < -0.39 is 16.1 Å². The van der Waals surface area contributed by atoms with Crippen LogP contribution in [0.1, 0.15) is 10.4 Å². The molecule has 1 saturated heterocycles. The molecule has 2 N–H and O–H groups in total. The molecule has 142 valence electrons. The molecule has 0 bridgehead atoms. The van der Waals surface area contributed by atoms with Gasteiger partial charge in [0.25, 0.3) is 5.91 Å². The highest BCUT2D eigenvalue weighted by atomic mass is 32.2. The van der Waals surface area contributed by atoms with Gasteiger partial charge in [0.2, 0.25) is 0 Å². The van der Waals surface area contributed by atoms with Gasteiger partial charge in [-0.05, 0) is 24.3 Å². The molecule has 26 heavy (non-hydrogen) atoms. The summed E-state index contributed by atoms with van der Waals surface area (Å²) in [6, 6.07) is 6.82. The third-order valence-corrected chi connectivity index (χ3v) is 7.31. The Hall–Kier alpha value is -1.62.